The summed E-state index contributed by atoms with van der Waals surface area (Å²) in [5.74, 6) is -2.80. The average Bonchev–Trinajstić information content (AvgIpc) is 3.06. The minimum Gasteiger partial charge on any atom is -0.484 e. The van der Waals surface area contributed by atoms with Crippen molar-refractivity contribution in [3.05, 3.63) is 65.7 Å². The van der Waals surface area contributed by atoms with E-state index in [2.05, 4.69) is 21.3 Å². The topological polar surface area (TPSA) is 198 Å². The Bertz CT molecular complexity index is 1580. The van der Waals surface area contributed by atoms with Gasteiger partial charge in [-0.15, -0.1) is 0 Å². The molecule has 2 rings (SSSR count). The van der Waals surface area contributed by atoms with Crippen molar-refractivity contribution < 1.29 is 48.1 Å². The van der Waals surface area contributed by atoms with Crippen molar-refractivity contribution in [1.29, 1.82) is 0 Å². The van der Waals surface area contributed by atoms with Gasteiger partial charge in [0.2, 0.25) is 5.91 Å². The maximum atomic E-state index is 13.3. The Hall–Kier alpha value is -5.14. The van der Waals surface area contributed by atoms with Gasteiger partial charge in [0.05, 0.1) is 5.56 Å². The Kier molecular flexibility index (Phi) is 17.6. The highest BCUT2D eigenvalue weighted by atomic mass is 16.6. The van der Waals surface area contributed by atoms with Gasteiger partial charge in [-0.05, 0) is 102 Å². The zero-order valence-electron chi connectivity index (χ0n) is 33.7. The summed E-state index contributed by atoms with van der Waals surface area (Å²) >= 11 is 0. The molecule has 0 radical (unpaired) electrons. The van der Waals surface area contributed by atoms with Gasteiger partial charge in [-0.25, -0.2) is 14.4 Å². The van der Waals surface area contributed by atoms with Crippen LogP contribution in [0.25, 0.3) is 0 Å². The molecule has 0 aliphatic heterocycles. The number of nitrogens with one attached hydrogen (secondary N) is 4. The number of benzene rings is 2. The first-order valence-electron chi connectivity index (χ1n) is 18.6. The van der Waals surface area contributed by atoms with Gasteiger partial charge in [-0.3, -0.25) is 14.4 Å². The van der Waals surface area contributed by atoms with E-state index in [-0.39, 0.29) is 48.8 Å². The van der Waals surface area contributed by atoms with Crippen LogP contribution in [0.2, 0.25) is 0 Å². The largest absolute Gasteiger partial charge is 0.484 e. The normalized spacial score (nSPS) is 13.3. The number of unbranched alkanes of at least 4 members (excludes halogenated alkanes) is 1. The summed E-state index contributed by atoms with van der Waals surface area (Å²) in [6.07, 6.45) is 1.94. The first kappa shape index (κ1) is 46.0. The fourth-order valence-corrected chi connectivity index (χ4v) is 5.30. The molecule has 4 amide bonds. The van der Waals surface area contributed by atoms with E-state index < -0.39 is 53.1 Å². The van der Waals surface area contributed by atoms with Gasteiger partial charge >= 0.3 is 23.9 Å². The van der Waals surface area contributed by atoms with Crippen LogP contribution in [-0.4, -0.2) is 83.3 Å². The molecule has 0 fully saturated rings. The van der Waals surface area contributed by atoms with Crippen LogP contribution in [0, 0.1) is 5.41 Å². The second-order valence-electron chi connectivity index (χ2n) is 16.5. The number of ether oxygens (including phenoxy) is 3. The van der Waals surface area contributed by atoms with E-state index in [4.69, 9.17) is 19.3 Å². The Morgan fingerprint density at radius 1 is 0.709 bits per heavy atom. The van der Waals surface area contributed by atoms with E-state index in [0.29, 0.717) is 31.6 Å². The third-order valence-corrected chi connectivity index (χ3v) is 8.03. The summed E-state index contributed by atoms with van der Waals surface area (Å²) in [5.41, 5.74) is -0.912. The molecule has 5 N–H and O–H groups in total. The van der Waals surface area contributed by atoms with Crippen LogP contribution in [0.5, 0.6) is 5.75 Å². The molecule has 0 aliphatic carbocycles. The molecular formula is C41H60N4O10. The van der Waals surface area contributed by atoms with Gasteiger partial charge in [0.15, 0.2) is 6.61 Å². The SMILES string of the molecule is CC(C)(C)OC(=O)CC[C@H](NC(=O)N[C@@H](CCCCNC(=O)[C@H](Cc1ccccc1)NC(=O)COc1ccc(C(=O)O)cc1)C(C)(C)C)C(=O)OC(C)(C)C. The predicted octanol–water partition coefficient (Wildman–Crippen LogP) is 5.32. The summed E-state index contributed by atoms with van der Waals surface area (Å²) in [5, 5.41) is 20.4. The van der Waals surface area contributed by atoms with E-state index in [1.807, 2.05) is 51.1 Å². The molecule has 0 saturated heterocycles. The van der Waals surface area contributed by atoms with Gasteiger partial charge in [0, 0.05) is 25.4 Å². The number of amides is 4. The highest BCUT2D eigenvalue weighted by Crippen LogP contribution is 2.24. The molecule has 0 aliphatic rings. The van der Waals surface area contributed by atoms with Crippen LogP contribution in [0.4, 0.5) is 4.79 Å². The molecule has 304 valence electrons. The number of rotatable bonds is 19. The minimum absolute atomic E-state index is 0.00173. The van der Waals surface area contributed by atoms with Crippen LogP contribution in [0.3, 0.4) is 0 Å². The molecule has 55 heavy (non-hydrogen) atoms. The van der Waals surface area contributed by atoms with Crippen molar-refractivity contribution in [2.75, 3.05) is 13.2 Å². The molecule has 3 atom stereocenters. The molecule has 2 aromatic carbocycles. The van der Waals surface area contributed by atoms with E-state index in [0.717, 1.165) is 5.56 Å². The maximum Gasteiger partial charge on any atom is 0.335 e. The third-order valence-electron chi connectivity index (χ3n) is 8.03. The van der Waals surface area contributed by atoms with E-state index in [9.17, 15) is 28.8 Å². The van der Waals surface area contributed by atoms with Crippen LogP contribution in [0.15, 0.2) is 54.6 Å². The lowest BCUT2D eigenvalue weighted by molar-refractivity contribution is -0.158. The minimum atomic E-state index is -1.08. The average molecular weight is 769 g/mol. The number of hydrogen-bond acceptors (Lipinski definition) is 9. The van der Waals surface area contributed by atoms with Gasteiger partial charge < -0.3 is 40.6 Å². The first-order chi connectivity index (χ1) is 25.5. The Morgan fingerprint density at radius 3 is 1.89 bits per heavy atom. The fourth-order valence-electron chi connectivity index (χ4n) is 5.30. The number of carbonyl (C=O) groups is 6. The molecular weight excluding hydrogens is 708 g/mol. The highest BCUT2D eigenvalue weighted by molar-refractivity contribution is 5.89. The second kappa shape index (κ2) is 21.1. The summed E-state index contributed by atoms with van der Waals surface area (Å²) in [4.78, 5) is 75.9. The monoisotopic (exact) mass is 768 g/mol. The predicted molar refractivity (Wildman–Crippen MR) is 207 cm³/mol. The molecule has 2 aromatic rings. The number of esters is 2. The summed E-state index contributed by atoms with van der Waals surface area (Å²) in [6.45, 7) is 16.3. The van der Waals surface area contributed by atoms with Crippen LogP contribution in [-0.2, 0) is 35.1 Å². The van der Waals surface area contributed by atoms with Crippen molar-refractivity contribution in [2.45, 2.75) is 130 Å². The number of carboxylic acid groups (broad SMARTS) is 1. The number of aromatic carboxylic acids is 1. The molecule has 0 heterocycles. The third kappa shape index (κ3) is 19.1. The Labute approximate surface area is 324 Å². The van der Waals surface area contributed by atoms with Gasteiger partial charge in [-0.1, -0.05) is 51.1 Å². The van der Waals surface area contributed by atoms with Gasteiger partial charge in [0.1, 0.15) is 29.0 Å². The van der Waals surface area contributed by atoms with Crippen LogP contribution in [0.1, 0.15) is 110 Å². The van der Waals surface area contributed by atoms with E-state index in [1.165, 1.54) is 24.3 Å². The Morgan fingerprint density at radius 2 is 1.33 bits per heavy atom. The van der Waals surface area contributed by atoms with Crippen molar-refractivity contribution in [1.82, 2.24) is 21.3 Å². The summed E-state index contributed by atoms with van der Waals surface area (Å²) in [7, 11) is 0. The number of carbonyl (C=O) groups excluding carboxylic acids is 5. The van der Waals surface area contributed by atoms with Crippen molar-refractivity contribution in [3.63, 3.8) is 0 Å². The number of urea groups is 1. The summed E-state index contributed by atoms with van der Waals surface area (Å²) < 4.78 is 16.4. The molecule has 0 spiro atoms. The van der Waals surface area contributed by atoms with Crippen LogP contribution < -0.4 is 26.0 Å². The van der Waals surface area contributed by atoms with Crippen molar-refractivity contribution >= 4 is 35.8 Å². The molecule has 0 saturated carbocycles. The molecule has 0 unspecified atom stereocenters. The number of hydrogen-bond donors (Lipinski definition) is 5. The van der Waals surface area contributed by atoms with Gasteiger partial charge in [0.25, 0.3) is 5.91 Å². The molecule has 14 heteroatoms. The zero-order chi connectivity index (χ0) is 41.4. The summed E-state index contributed by atoms with van der Waals surface area (Å²) in [6, 6.07) is 12.1. The number of carboxylic acids is 1. The smallest absolute Gasteiger partial charge is 0.335 e. The van der Waals surface area contributed by atoms with Gasteiger partial charge in [-0.2, -0.15) is 0 Å². The molecule has 0 aromatic heterocycles. The lowest BCUT2D eigenvalue weighted by Gasteiger charge is -2.32. The lowest BCUT2D eigenvalue weighted by Crippen LogP contribution is -2.53. The van der Waals surface area contributed by atoms with E-state index in [1.54, 1.807) is 41.5 Å². The maximum absolute atomic E-state index is 13.3. The standard InChI is InChI=1S/C41H60N4O10/c1-39(2,3)32(45-38(52)44-30(37(51)55-41(7,8)9)22-23-34(47)54-40(4,5)6)17-13-14-24-42-35(48)31(25-27-15-11-10-12-16-27)43-33(46)26-53-29-20-18-28(19-21-29)36(49)50/h10-12,15-16,18-21,30-32H,13-14,17,22-26H2,1-9H3,(H,42,48)(H,43,46)(H,49,50)(H2,44,45,52)/t30-,31-,32-/m0/s1. The van der Waals surface area contributed by atoms with Crippen molar-refractivity contribution in [2.24, 2.45) is 5.41 Å². The van der Waals surface area contributed by atoms with E-state index >= 15 is 0 Å². The Balaban J connectivity index is 1.97. The highest BCUT2D eigenvalue weighted by Gasteiger charge is 2.31. The van der Waals surface area contributed by atoms with Crippen LogP contribution >= 0.6 is 0 Å². The fraction of sp³-hybridized carbons (Fsp3) is 0.561. The molecule has 0 bridgehead atoms. The first-order valence-corrected chi connectivity index (χ1v) is 18.6. The second-order valence-corrected chi connectivity index (χ2v) is 16.5. The lowest BCUT2D eigenvalue weighted by atomic mass is 9.84. The quantitative estimate of drug-likeness (QED) is 0.0921. The zero-order valence-corrected chi connectivity index (χ0v) is 33.7. The molecule has 14 nitrogen and oxygen atoms in total. The van der Waals surface area contributed by atoms with Crippen molar-refractivity contribution in [3.8, 4) is 5.75 Å².